The van der Waals surface area contributed by atoms with Crippen LogP contribution in [0.1, 0.15) is 33.9 Å². The molecular weight excluding hydrogens is 296 g/mol. The highest BCUT2D eigenvalue weighted by atomic mass is 16.5. The van der Waals surface area contributed by atoms with Crippen LogP contribution in [0.15, 0.2) is 34.7 Å². The molecule has 2 amide bonds. The van der Waals surface area contributed by atoms with Crippen LogP contribution < -0.4 is 15.6 Å². The maximum Gasteiger partial charge on any atom is 0.273 e. The van der Waals surface area contributed by atoms with Crippen LogP contribution in [0.3, 0.4) is 0 Å². The number of nitrogens with one attached hydrogen (secondary N) is 2. The van der Waals surface area contributed by atoms with Gasteiger partial charge >= 0.3 is 0 Å². The van der Waals surface area contributed by atoms with E-state index in [9.17, 15) is 9.59 Å². The van der Waals surface area contributed by atoms with E-state index >= 15 is 0 Å². The first-order valence-electron chi connectivity index (χ1n) is 7.31. The Morgan fingerprint density at radius 3 is 2.57 bits per heavy atom. The quantitative estimate of drug-likeness (QED) is 0.830. The van der Waals surface area contributed by atoms with Crippen molar-refractivity contribution in [1.82, 2.24) is 10.9 Å². The predicted molar refractivity (Wildman–Crippen MR) is 85.1 cm³/mol. The average Bonchev–Trinajstić information content (AvgIpc) is 2.84. The average molecular weight is 316 g/mol. The van der Waals surface area contributed by atoms with Gasteiger partial charge in [0.05, 0.1) is 18.6 Å². The van der Waals surface area contributed by atoms with Gasteiger partial charge in [0.25, 0.3) is 5.91 Å². The maximum atomic E-state index is 11.9. The van der Waals surface area contributed by atoms with E-state index in [1.165, 1.54) is 0 Å². The van der Waals surface area contributed by atoms with Crippen molar-refractivity contribution in [3.8, 4) is 5.75 Å². The lowest BCUT2D eigenvalue weighted by Crippen LogP contribution is -2.42. The molecule has 6 heteroatoms. The monoisotopic (exact) mass is 316 g/mol. The summed E-state index contributed by atoms with van der Waals surface area (Å²) in [7, 11) is 0. The van der Waals surface area contributed by atoms with E-state index in [0.29, 0.717) is 22.8 Å². The molecule has 0 aliphatic rings. The molecule has 0 saturated heterocycles. The number of carbonyl (C=O) groups excluding carboxylic acids is 2. The van der Waals surface area contributed by atoms with E-state index in [2.05, 4.69) is 10.9 Å². The molecule has 0 unspecified atom stereocenters. The summed E-state index contributed by atoms with van der Waals surface area (Å²) in [6, 6.07) is 9.20. The van der Waals surface area contributed by atoms with E-state index in [-0.39, 0.29) is 18.9 Å². The third-order valence-electron chi connectivity index (χ3n) is 3.19. The molecular formula is C17H20N2O4. The van der Waals surface area contributed by atoms with Crippen LogP contribution in [0.5, 0.6) is 5.75 Å². The molecule has 0 atom stereocenters. The third-order valence-corrected chi connectivity index (χ3v) is 3.19. The Bertz CT molecular complexity index is 706. The standard InChI is InChI=1S/C17H20N2O4/c1-11-5-4-6-14(9-11)22-8-7-16(20)18-19-17(21)15-10-12(2)23-13(15)3/h4-6,9-10H,7-8H2,1-3H3,(H,18,20)(H,19,21). The number of hydrazine groups is 1. The largest absolute Gasteiger partial charge is 0.493 e. The Kier molecular flexibility index (Phi) is 5.41. The molecule has 0 fully saturated rings. The van der Waals surface area contributed by atoms with Gasteiger partial charge in [-0.15, -0.1) is 0 Å². The number of benzene rings is 1. The van der Waals surface area contributed by atoms with Crippen molar-refractivity contribution in [2.24, 2.45) is 0 Å². The molecule has 6 nitrogen and oxygen atoms in total. The maximum absolute atomic E-state index is 11.9. The lowest BCUT2D eigenvalue weighted by molar-refractivity contribution is -0.122. The van der Waals surface area contributed by atoms with Gasteiger partial charge in [-0.25, -0.2) is 0 Å². The number of ether oxygens (including phenoxy) is 1. The van der Waals surface area contributed by atoms with Crippen molar-refractivity contribution >= 4 is 11.8 Å². The minimum Gasteiger partial charge on any atom is -0.493 e. The van der Waals surface area contributed by atoms with Crippen molar-refractivity contribution in [3.05, 3.63) is 53.0 Å². The van der Waals surface area contributed by atoms with Crippen molar-refractivity contribution in [2.75, 3.05) is 6.61 Å². The number of aryl methyl sites for hydroxylation is 3. The molecule has 2 aromatic rings. The first kappa shape index (κ1) is 16.6. The predicted octanol–water partition coefficient (Wildman–Crippen LogP) is 2.43. The van der Waals surface area contributed by atoms with Gasteiger partial charge in [-0.05, 0) is 44.5 Å². The van der Waals surface area contributed by atoms with E-state index in [1.54, 1.807) is 19.9 Å². The topological polar surface area (TPSA) is 80.6 Å². The SMILES string of the molecule is Cc1cccc(OCCC(=O)NNC(=O)c2cc(C)oc2C)c1. The zero-order chi connectivity index (χ0) is 16.8. The van der Waals surface area contributed by atoms with Crippen molar-refractivity contribution in [2.45, 2.75) is 27.2 Å². The van der Waals surface area contributed by atoms with Crippen molar-refractivity contribution < 1.29 is 18.7 Å². The second-order valence-corrected chi connectivity index (χ2v) is 5.24. The molecule has 122 valence electrons. The van der Waals surface area contributed by atoms with Gasteiger partial charge in [-0.1, -0.05) is 12.1 Å². The summed E-state index contributed by atoms with van der Waals surface area (Å²) in [6.07, 6.45) is 0.137. The minimum absolute atomic E-state index is 0.137. The van der Waals surface area contributed by atoms with E-state index in [0.717, 1.165) is 5.56 Å². The number of furan rings is 1. The summed E-state index contributed by atoms with van der Waals surface area (Å²) < 4.78 is 10.8. The Morgan fingerprint density at radius 1 is 1.13 bits per heavy atom. The van der Waals surface area contributed by atoms with E-state index in [4.69, 9.17) is 9.15 Å². The smallest absolute Gasteiger partial charge is 0.273 e. The second kappa shape index (κ2) is 7.49. The Morgan fingerprint density at radius 2 is 1.91 bits per heavy atom. The van der Waals surface area contributed by atoms with Gasteiger partial charge in [-0.3, -0.25) is 20.4 Å². The summed E-state index contributed by atoms with van der Waals surface area (Å²) in [5.41, 5.74) is 6.20. The van der Waals surface area contributed by atoms with Gasteiger partial charge in [0.2, 0.25) is 5.91 Å². The fourth-order valence-corrected chi connectivity index (χ4v) is 2.08. The Labute approximate surface area is 134 Å². The molecule has 1 heterocycles. The van der Waals surface area contributed by atoms with E-state index < -0.39 is 5.91 Å². The summed E-state index contributed by atoms with van der Waals surface area (Å²) in [5.74, 6) is 1.13. The summed E-state index contributed by atoms with van der Waals surface area (Å²) in [4.78, 5) is 23.6. The highest BCUT2D eigenvalue weighted by Crippen LogP contribution is 2.13. The molecule has 1 aromatic carbocycles. The first-order valence-corrected chi connectivity index (χ1v) is 7.31. The highest BCUT2D eigenvalue weighted by Gasteiger charge is 2.14. The lowest BCUT2D eigenvalue weighted by atomic mass is 10.2. The second-order valence-electron chi connectivity index (χ2n) is 5.24. The molecule has 0 saturated carbocycles. The van der Waals surface area contributed by atoms with Crippen molar-refractivity contribution in [3.63, 3.8) is 0 Å². The van der Waals surface area contributed by atoms with Crippen LogP contribution >= 0.6 is 0 Å². The Balaban J connectivity index is 1.73. The number of rotatable bonds is 5. The number of hydrogen-bond donors (Lipinski definition) is 2. The summed E-state index contributed by atoms with van der Waals surface area (Å²) in [5, 5.41) is 0. The molecule has 0 bridgehead atoms. The van der Waals surface area contributed by atoms with Crippen molar-refractivity contribution in [1.29, 1.82) is 0 Å². The molecule has 2 N–H and O–H groups in total. The molecule has 1 aromatic heterocycles. The number of carbonyl (C=O) groups is 2. The molecule has 0 radical (unpaired) electrons. The lowest BCUT2D eigenvalue weighted by Gasteiger charge is -2.08. The Hall–Kier alpha value is -2.76. The summed E-state index contributed by atoms with van der Waals surface area (Å²) in [6.45, 7) is 5.65. The van der Waals surface area contributed by atoms with Crippen LogP contribution in [0.25, 0.3) is 0 Å². The van der Waals surface area contributed by atoms with Gasteiger partial charge in [0.1, 0.15) is 17.3 Å². The molecule has 0 aliphatic carbocycles. The van der Waals surface area contributed by atoms with Crippen LogP contribution in [-0.2, 0) is 4.79 Å². The molecule has 2 rings (SSSR count). The normalized spacial score (nSPS) is 10.2. The van der Waals surface area contributed by atoms with Crippen LogP contribution in [0.4, 0.5) is 0 Å². The number of hydrogen-bond acceptors (Lipinski definition) is 4. The summed E-state index contributed by atoms with van der Waals surface area (Å²) >= 11 is 0. The molecule has 23 heavy (non-hydrogen) atoms. The van der Waals surface area contributed by atoms with Gasteiger partial charge in [0.15, 0.2) is 0 Å². The fraction of sp³-hybridized carbons (Fsp3) is 0.294. The van der Waals surface area contributed by atoms with Crippen LogP contribution in [0, 0.1) is 20.8 Å². The number of amides is 2. The van der Waals surface area contributed by atoms with Gasteiger partial charge in [-0.2, -0.15) is 0 Å². The molecule has 0 spiro atoms. The van der Waals surface area contributed by atoms with Gasteiger partial charge < -0.3 is 9.15 Å². The fourth-order valence-electron chi connectivity index (χ4n) is 2.08. The zero-order valence-electron chi connectivity index (χ0n) is 13.4. The minimum atomic E-state index is -0.410. The van der Waals surface area contributed by atoms with Crippen LogP contribution in [-0.4, -0.2) is 18.4 Å². The first-order chi connectivity index (χ1) is 11.0. The van der Waals surface area contributed by atoms with Gasteiger partial charge in [0, 0.05) is 0 Å². The van der Waals surface area contributed by atoms with E-state index in [1.807, 2.05) is 31.2 Å². The zero-order valence-corrected chi connectivity index (χ0v) is 13.4. The third kappa shape index (κ3) is 4.88. The highest BCUT2D eigenvalue weighted by molar-refractivity contribution is 5.96. The van der Waals surface area contributed by atoms with Crippen LogP contribution in [0.2, 0.25) is 0 Å². The molecule has 0 aliphatic heterocycles.